The van der Waals surface area contributed by atoms with Gasteiger partial charge in [0.05, 0.1) is 5.56 Å². The minimum absolute atomic E-state index is 0.189. The molecule has 0 radical (unpaired) electrons. The number of carbonyl (C=O) groups is 5. The van der Waals surface area contributed by atoms with Crippen LogP contribution in [-0.2, 0) is 67.0 Å². The van der Waals surface area contributed by atoms with Crippen LogP contribution < -0.4 is 4.74 Å². The van der Waals surface area contributed by atoms with E-state index in [-0.39, 0.29) is 13.2 Å². The molecule has 1 fully saturated rings. The van der Waals surface area contributed by atoms with Crippen molar-refractivity contribution in [1.29, 1.82) is 0 Å². The Morgan fingerprint density at radius 1 is 0.667 bits per heavy atom. The minimum Gasteiger partial charge on any atom is -0.463 e. The Morgan fingerprint density at radius 3 is 2.00 bits per heavy atom. The van der Waals surface area contributed by atoms with Crippen molar-refractivity contribution in [2.75, 3.05) is 6.61 Å². The smallest absolute Gasteiger partial charge is 0.338 e. The van der Waals surface area contributed by atoms with E-state index in [0.717, 1.165) is 40.6 Å². The molecule has 1 saturated heterocycles. The summed E-state index contributed by atoms with van der Waals surface area (Å²) >= 11 is 1.52. The molecule has 51 heavy (non-hydrogen) atoms. The standard InChI is InChI=1S/C38H38O12S/c1-22(39)44-20-31-34(46-23(2)40)35(47-24(3)41)36(48-25(4)42)38(50-31)49-30-11-8-12-32-33(30)29(21-51-32)18-15-26-13-16-28(17-14-26)37(43)45-19-27-9-6-5-7-10-27/h5-14,16-17,21,31,34-36,38H,15,18-20H2,1-4H3/t31-,34-,35+,36-,38-/m1/s1. The summed E-state index contributed by atoms with van der Waals surface area (Å²) in [5, 5.41) is 2.83. The molecule has 0 bridgehead atoms. The third-order valence-corrected chi connectivity index (χ3v) is 8.91. The number of thiophene rings is 1. The lowest BCUT2D eigenvalue weighted by Crippen LogP contribution is -2.63. The van der Waals surface area contributed by atoms with E-state index in [2.05, 4.69) is 0 Å². The lowest BCUT2D eigenvalue weighted by atomic mass is 9.98. The van der Waals surface area contributed by atoms with E-state index in [1.807, 2.05) is 53.9 Å². The molecule has 0 spiro atoms. The first-order chi connectivity index (χ1) is 24.5. The Bertz CT molecular complexity index is 1850. The second kappa shape index (κ2) is 17.1. The molecule has 1 aliphatic rings. The molecule has 0 saturated carbocycles. The molecule has 3 aromatic carbocycles. The summed E-state index contributed by atoms with van der Waals surface area (Å²) in [4.78, 5) is 60.9. The first-order valence-electron chi connectivity index (χ1n) is 16.2. The normalized spacial score (nSPS) is 19.8. The van der Waals surface area contributed by atoms with Gasteiger partial charge in [-0.25, -0.2) is 4.79 Å². The predicted molar refractivity (Wildman–Crippen MR) is 184 cm³/mol. The third kappa shape index (κ3) is 9.92. The highest BCUT2D eigenvalue weighted by Crippen LogP contribution is 2.38. The lowest BCUT2D eigenvalue weighted by Gasteiger charge is -2.44. The van der Waals surface area contributed by atoms with Gasteiger partial charge in [0.25, 0.3) is 0 Å². The molecule has 1 aliphatic heterocycles. The van der Waals surface area contributed by atoms with Crippen molar-refractivity contribution in [2.45, 2.75) is 77.8 Å². The van der Waals surface area contributed by atoms with Crippen molar-refractivity contribution >= 4 is 51.3 Å². The highest BCUT2D eigenvalue weighted by molar-refractivity contribution is 7.17. The Labute approximate surface area is 298 Å². The van der Waals surface area contributed by atoms with Crippen LogP contribution >= 0.6 is 11.3 Å². The molecule has 12 nitrogen and oxygen atoms in total. The maximum absolute atomic E-state index is 12.6. The first kappa shape index (κ1) is 37.0. The van der Waals surface area contributed by atoms with Gasteiger partial charge in [0.2, 0.25) is 12.4 Å². The number of rotatable bonds is 13. The summed E-state index contributed by atoms with van der Waals surface area (Å²) in [6.07, 6.45) is -5.24. The number of ether oxygens (including phenoxy) is 7. The zero-order valence-corrected chi connectivity index (χ0v) is 29.3. The monoisotopic (exact) mass is 718 g/mol. The molecule has 2 heterocycles. The zero-order valence-electron chi connectivity index (χ0n) is 28.5. The number of benzene rings is 3. The third-order valence-electron chi connectivity index (χ3n) is 7.91. The van der Waals surface area contributed by atoms with Crippen molar-refractivity contribution in [2.24, 2.45) is 0 Å². The molecule has 268 valence electrons. The number of hydrogen-bond donors (Lipinski definition) is 0. The number of esters is 5. The summed E-state index contributed by atoms with van der Waals surface area (Å²) < 4.78 is 40.7. The second-order valence-electron chi connectivity index (χ2n) is 11.8. The van der Waals surface area contributed by atoms with Crippen LogP contribution in [0.1, 0.15) is 54.7 Å². The van der Waals surface area contributed by atoms with E-state index < -0.39 is 60.6 Å². The van der Waals surface area contributed by atoms with Gasteiger partial charge in [0.15, 0.2) is 12.2 Å². The Balaban J connectivity index is 1.36. The first-order valence-corrected chi connectivity index (χ1v) is 17.1. The van der Waals surface area contributed by atoms with E-state index in [4.69, 9.17) is 33.2 Å². The maximum Gasteiger partial charge on any atom is 0.338 e. The Hall–Kier alpha value is -5.27. The van der Waals surface area contributed by atoms with Crippen molar-refractivity contribution in [1.82, 2.24) is 0 Å². The van der Waals surface area contributed by atoms with Gasteiger partial charge in [-0.1, -0.05) is 48.5 Å². The average molecular weight is 719 g/mol. The van der Waals surface area contributed by atoms with E-state index in [1.165, 1.54) is 25.2 Å². The highest BCUT2D eigenvalue weighted by Gasteiger charge is 2.53. The summed E-state index contributed by atoms with van der Waals surface area (Å²) in [6.45, 7) is 4.52. The van der Waals surface area contributed by atoms with Gasteiger partial charge in [0, 0.05) is 37.8 Å². The topological polar surface area (TPSA) is 150 Å². The van der Waals surface area contributed by atoms with Gasteiger partial charge in [-0.3, -0.25) is 19.2 Å². The summed E-state index contributed by atoms with van der Waals surface area (Å²) in [5.74, 6) is -2.80. The maximum atomic E-state index is 12.6. The fraction of sp³-hybridized carbons (Fsp3) is 0.342. The molecule has 4 aromatic rings. The van der Waals surface area contributed by atoms with Crippen LogP contribution in [0.4, 0.5) is 0 Å². The van der Waals surface area contributed by atoms with Crippen molar-refractivity contribution in [3.8, 4) is 5.75 Å². The molecule has 5 atom stereocenters. The fourth-order valence-corrected chi connectivity index (χ4v) is 6.71. The molecule has 0 aliphatic carbocycles. The van der Waals surface area contributed by atoms with Crippen molar-refractivity contribution in [3.63, 3.8) is 0 Å². The van der Waals surface area contributed by atoms with Crippen LogP contribution in [0.15, 0.2) is 78.2 Å². The van der Waals surface area contributed by atoms with Crippen molar-refractivity contribution < 1.29 is 57.1 Å². The predicted octanol–water partition coefficient (Wildman–Crippen LogP) is 5.51. The molecular formula is C38H38O12S. The van der Waals surface area contributed by atoms with Gasteiger partial charge in [0.1, 0.15) is 25.1 Å². The lowest BCUT2D eigenvalue weighted by molar-refractivity contribution is -0.288. The quantitative estimate of drug-likeness (QED) is 0.127. The second-order valence-corrected chi connectivity index (χ2v) is 12.7. The van der Waals surface area contributed by atoms with Crippen LogP contribution in [-0.4, -0.2) is 67.2 Å². The van der Waals surface area contributed by atoms with Gasteiger partial charge < -0.3 is 33.2 Å². The Morgan fingerprint density at radius 2 is 1.33 bits per heavy atom. The van der Waals surface area contributed by atoms with E-state index in [1.54, 1.807) is 24.3 Å². The molecule has 0 unspecified atom stereocenters. The molecule has 5 rings (SSSR count). The van der Waals surface area contributed by atoms with Crippen LogP contribution in [0.5, 0.6) is 5.75 Å². The average Bonchev–Trinajstić information content (AvgIpc) is 3.52. The molecule has 1 aromatic heterocycles. The molecule has 0 N–H and O–H groups in total. The Kier molecular flexibility index (Phi) is 12.4. The van der Waals surface area contributed by atoms with Crippen LogP contribution in [0.25, 0.3) is 10.1 Å². The zero-order chi connectivity index (χ0) is 36.5. The fourth-order valence-electron chi connectivity index (χ4n) is 5.70. The summed E-state index contributed by atoms with van der Waals surface area (Å²) in [6, 6.07) is 22.2. The van der Waals surface area contributed by atoms with E-state index >= 15 is 0 Å². The largest absolute Gasteiger partial charge is 0.463 e. The molecular weight excluding hydrogens is 680 g/mol. The summed E-state index contributed by atoms with van der Waals surface area (Å²) in [7, 11) is 0. The highest BCUT2D eigenvalue weighted by atomic mass is 32.1. The van der Waals surface area contributed by atoms with Crippen LogP contribution in [0.3, 0.4) is 0 Å². The van der Waals surface area contributed by atoms with Crippen molar-refractivity contribution in [3.05, 3.63) is 100 Å². The van der Waals surface area contributed by atoms with Gasteiger partial charge >= 0.3 is 29.8 Å². The van der Waals surface area contributed by atoms with E-state index in [0.29, 0.717) is 24.2 Å². The SMILES string of the molecule is CC(=O)OC[C@H]1O[C@@H](Oc2cccc3scc(CCc4ccc(C(=O)OCc5ccccc5)cc4)c23)[C@H](OC(C)=O)[C@@H](OC(C)=O)[C@@H]1OC(C)=O. The van der Waals surface area contributed by atoms with Gasteiger partial charge in [-0.15, -0.1) is 11.3 Å². The van der Waals surface area contributed by atoms with E-state index in [9.17, 15) is 24.0 Å². The number of aryl methyl sites for hydroxylation is 2. The van der Waals surface area contributed by atoms with Gasteiger partial charge in [-0.05, 0) is 59.2 Å². The van der Waals surface area contributed by atoms with Gasteiger partial charge in [-0.2, -0.15) is 0 Å². The minimum atomic E-state index is -1.36. The number of carbonyl (C=O) groups excluding carboxylic acids is 5. The number of hydrogen-bond acceptors (Lipinski definition) is 13. The molecule has 13 heteroatoms. The summed E-state index contributed by atoms with van der Waals surface area (Å²) in [5.41, 5.74) is 3.34. The van der Waals surface area contributed by atoms with Crippen LogP contribution in [0.2, 0.25) is 0 Å². The van der Waals surface area contributed by atoms with Crippen LogP contribution in [0, 0.1) is 0 Å². The number of fused-ring (bicyclic) bond motifs is 1. The molecule has 0 amide bonds.